The molecular formula is C22H27IN2. The van der Waals surface area contributed by atoms with Crippen molar-refractivity contribution >= 4 is 34.0 Å². The summed E-state index contributed by atoms with van der Waals surface area (Å²) in [6.07, 6.45) is 6.39. The van der Waals surface area contributed by atoms with Crippen LogP contribution >= 0.6 is 22.6 Å². The number of halogens is 1. The number of piperidine rings is 1. The van der Waals surface area contributed by atoms with E-state index in [-0.39, 0.29) is 0 Å². The van der Waals surface area contributed by atoms with E-state index in [4.69, 9.17) is 0 Å². The average Bonchev–Trinajstić information content (AvgIpc) is 2.64. The molecule has 3 rings (SSSR count). The van der Waals surface area contributed by atoms with Gasteiger partial charge in [-0.1, -0.05) is 25.1 Å². The van der Waals surface area contributed by atoms with E-state index >= 15 is 0 Å². The van der Waals surface area contributed by atoms with E-state index < -0.39 is 0 Å². The van der Waals surface area contributed by atoms with Crippen LogP contribution in [0.2, 0.25) is 0 Å². The molecule has 1 aliphatic heterocycles. The monoisotopic (exact) mass is 446 g/mol. The third-order valence-electron chi connectivity index (χ3n) is 4.97. The maximum absolute atomic E-state index is 3.91. The number of nitrogens with one attached hydrogen (secondary N) is 1. The minimum absolute atomic E-state index is 0.565. The van der Waals surface area contributed by atoms with Crippen LogP contribution in [0, 0.1) is 3.57 Å². The summed E-state index contributed by atoms with van der Waals surface area (Å²) < 4.78 is 1.30. The Labute approximate surface area is 165 Å². The molecule has 0 radical (unpaired) electrons. The van der Waals surface area contributed by atoms with Crippen LogP contribution in [-0.4, -0.2) is 19.1 Å². The number of rotatable bonds is 6. The first-order valence-electron chi connectivity index (χ1n) is 9.19. The van der Waals surface area contributed by atoms with E-state index in [0.717, 1.165) is 25.9 Å². The fourth-order valence-electron chi connectivity index (χ4n) is 3.52. The van der Waals surface area contributed by atoms with Gasteiger partial charge >= 0.3 is 0 Å². The summed E-state index contributed by atoms with van der Waals surface area (Å²) >= 11 is 2.39. The number of hydrogen-bond acceptors (Lipinski definition) is 2. The molecule has 3 heteroatoms. The lowest BCUT2D eigenvalue weighted by Crippen LogP contribution is -2.39. The fraction of sp³-hybridized carbons (Fsp3) is 0.364. The summed E-state index contributed by atoms with van der Waals surface area (Å²) in [4.78, 5) is 2.53. The standard InChI is InChI=1S/C22H27IN2/c1-3-5-18-16-19(23)8-11-22(18)25-14-12-21(13-15-25)24-20-9-6-17(4-2)7-10-20/h3,6-11,16,21,24H,1,4-5,12-15H2,2H3. The van der Waals surface area contributed by atoms with Crippen LogP contribution in [0.15, 0.2) is 55.1 Å². The van der Waals surface area contributed by atoms with E-state index in [0.29, 0.717) is 6.04 Å². The Bertz CT molecular complexity index is 700. The number of aryl methyl sites for hydroxylation is 1. The average molecular weight is 446 g/mol. The van der Waals surface area contributed by atoms with Gasteiger partial charge in [0.25, 0.3) is 0 Å². The first-order chi connectivity index (χ1) is 12.2. The molecule has 0 spiro atoms. The van der Waals surface area contributed by atoms with E-state index in [1.54, 1.807) is 0 Å². The van der Waals surface area contributed by atoms with Crippen LogP contribution in [0.25, 0.3) is 0 Å². The minimum atomic E-state index is 0.565. The van der Waals surface area contributed by atoms with Gasteiger partial charge in [0, 0.05) is 34.1 Å². The van der Waals surface area contributed by atoms with Gasteiger partial charge in [0.1, 0.15) is 0 Å². The second kappa shape index (κ2) is 8.75. The Balaban J connectivity index is 1.60. The van der Waals surface area contributed by atoms with Crippen molar-refractivity contribution in [3.63, 3.8) is 0 Å². The molecule has 1 saturated heterocycles. The first-order valence-corrected chi connectivity index (χ1v) is 10.3. The van der Waals surface area contributed by atoms with E-state index in [2.05, 4.69) is 88.8 Å². The molecule has 132 valence electrons. The van der Waals surface area contributed by atoms with Crippen LogP contribution in [0.1, 0.15) is 30.9 Å². The van der Waals surface area contributed by atoms with Crippen LogP contribution in [0.5, 0.6) is 0 Å². The first kappa shape index (κ1) is 18.3. The van der Waals surface area contributed by atoms with Gasteiger partial charge in [-0.3, -0.25) is 0 Å². The van der Waals surface area contributed by atoms with Gasteiger partial charge in [0.05, 0.1) is 0 Å². The van der Waals surface area contributed by atoms with Crippen molar-refractivity contribution in [3.8, 4) is 0 Å². The van der Waals surface area contributed by atoms with Crippen molar-refractivity contribution in [3.05, 3.63) is 69.8 Å². The summed E-state index contributed by atoms with van der Waals surface area (Å²) in [6.45, 7) is 8.32. The predicted molar refractivity (Wildman–Crippen MR) is 118 cm³/mol. The van der Waals surface area contributed by atoms with Crippen molar-refractivity contribution in [1.82, 2.24) is 0 Å². The molecule has 1 heterocycles. The van der Waals surface area contributed by atoms with Gasteiger partial charge in [-0.2, -0.15) is 0 Å². The number of allylic oxidation sites excluding steroid dienone is 1. The van der Waals surface area contributed by atoms with Crippen molar-refractivity contribution in [2.45, 2.75) is 38.6 Å². The summed E-state index contributed by atoms with van der Waals surface area (Å²) in [5.74, 6) is 0. The number of benzene rings is 2. The summed E-state index contributed by atoms with van der Waals surface area (Å²) in [6, 6.07) is 16.2. The van der Waals surface area contributed by atoms with Crippen LogP contribution in [0.4, 0.5) is 11.4 Å². The fourth-order valence-corrected chi connectivity index (χ4v) is 4.07. The summed E-state index contributed by atoms with van der Waals surface area (Å²) in [7, 11) is 0. The number of nitrogens with zero attached hydrogens (tertiary/aromatic N) is 1. The molecule has 2 nitrogen and oxygen atoms in total. The zero-order valence-corrected chi connectivity index (χ0v) is 17.1. The highest BCUT2D eigenvalue weighted by Crippen LogP contribution is 2.27. The number of hydrogen-bond donors (Lipinski definition) is 1. The highest BCUT2D eigenvalue weighted by atomic mass is 127. The maximum atomic E-state index is 3.91. The molecule has 0 atom stereocenters. The van der Waals surface area contributed by atoms with Gasteiger partial charge in [-0.25, -0.2) is 0 Å². The molecule has 0 aromatic heterocycles. The third-order valence-corrected chi connectivity index (χ3v) is 5.65. The molecule has 0 aliphatic carbocycles. The van der Waals surface area contributed by atoms with Gasteiger partial charge in [0.15, 0.2) is 0 Å². The molecule has 2 aromatic rings. The lowest BCUT2D eigenvalue weighted by Gasteiger charge is -2.35. The highest BCUT2D eigenvalue weighted by Gasteiger charge is 2.20. The van der Waals surface area contributed by atoms with Crippen molar-refractivity contribution in [1.29, 1.82) is 0 Å². The van der Waals surface area contributed by atoms with Crippen LogP contribution < -0.4 is 10.2 Å². The van der Waals surface area contributed by atoms with Gasteiger partial charge in [-0.05, 0) is 89.7 Å². The molecule has 25 heavy (non-hydrogen) atoms. The van der Waals surface area contributed by atoms with Gasteiger partial charge in [-0.15, -0.1) is 6.58 Å². The second-order valence-electron chi connectivity index (χ2n) is 6.72. The van der Waals surface area contributed by atoms with E-state index in [1.165, 1.54) is 38.9 Å². The van der Waals surface area contributed by atoms with Crippen LogP contribution in [0.3, 0.4) is 0 Å². The zero-order valence-electron chi connectivity index (χ0n) is 15.0. The molecule has 1 aliphatic rings. The predicted octanol–water partition coefficient (Wildman–Crippen LogP) is 5.66. The normalized spacial score (nSPS) is 15.2. The Morgan fingerprint density at radius 3 is 2.52 bits per heavy atom. The van der Waals surface area contributed by atoms with Gasteiger partial charge < -0.3 is 10.2 Å². The van der Waals surface area contributed by atoms with E-state index in [1.807, 2.05) is 6.08 Å². The number of anilines is 2. The largest absolute Gasteiger partial charge is 0.382 e. The van der Waals surface area contributed by atoms with Crippen molar-refractivity contribution in [2.75, 3.05) is 23.3 Å². The molecule has 0 bridgehead atoms. The molecule has 0 unspecified atom stereocenters. The Morgan fingerprint density at radius 1 is 1.16 bits per heavy atom. The SMILES string of the molecule is C=CCc1cc(I)ccc1N1CCC(Nc2ccc(CC)cc2)CC1. The lowest BCUT2D eigenvalue weighted by molar-refractivity contribution is 0.526. The molecule has 0 saturated carbocycles. The van der Waals surface area contributed by atoms with Gasteiger partial charge in [0.2, 0.25) is 0 Å². The maximum Gasteiger partial charge on any atom is 0.0402 e. The van der Waals surface area contributed by atoms with E-state index in [9.17, 15) is 0 Å². The lowest BCUT2D eigenvalue weighted by atomic mass is 10.0. The smallest absolute Gasteiger partial charge is 0.0402 e. The minimum Gasteiger partial charge on any atom is -0.382 e. The summed E-state index contributed by atoms with van der Waals surface area (Å²) in [5, 5.41) is 3.71. The summed E-state index contributed by atoms with van der Waals surface area (Å²) in [5.41, 5.74) is 5.42. The molecular weight excluding hydrogens is 419 g/mol. The third kappa shape index (κ3) is 4.78. The molecule has 1 N–H and O–H groups in total. The Kier molecular flexibility index (Phi) is 6.40. The molecule has 0 amide bonds. The topological polar surface area (TPSA) is 15.3 Å². The highest BCUT2D eigenvalue weighted by molar-refractivity contribution is 14.1. The zero-order chi connectivity index (χ0) is 17.6. The Morgan fingerprint density at radius 2 is 1.88 bits per heavy atom. The molecule has 2 aromatic carbocycles. The van der Waals surface area contributed by atoms with Crippen LogP contribution in [-0.2, 0) is 12.8 Å². The second-order valence-corrected chi connectivity index (χ2v) is 7.97. The van der Waals surface area contributed by atoms with Crippen molar-refractivity contribution in [2.24, 2.45) is 0 Å². The Hall–Kier alpha value is -1.49. The molecule has 1 fully saturated rings. The van der Waals surface area contributed by atoms with Crippen molar-refractivity contribution < 1.29 is 0 Å². The quantitative estimate of drug-likeness (QED) is 0.455.